The van der Waals surface area contributed by atoms with Crippen LogP contribution in [0.1, 0.15) is 41.7 Å². The standard InChI is InChI=1S/C13H20BrN3O/c1-9-12(8-16-17(9)2)13(18)15-7-10-3-5-11(14)6-4-10/h8,10-11H,3-7H2,1-2H3,(H,15,18). The molecular formula is C13H20BrN3O. The number of hydrogen-bond acceptors (Lipinski definition) is 2. The smallest absolute Gasteiger partial charge is 0.254 e. The Labute approximate surface area is 116 Å². The van der Waals surface area contributed by atoms with Crippen LogP contribution in [0.25, 0.3) is 0 Å². The molecule has 1 saturated carbocycles. The highest BCUT2D eigenvalue weighted by atomic mass is 79.9. The topological polar surface area (TPSA) is 46.9 Å². The van der Waals surface area contributed by atoms with Crippen LogP contribution in [0.15, 0.2) is 6.20 Å². The van der Waals surface area contributed by atoms with Crippen LogP contribution < -0.4 is 5.32 Å². The number of nitrogens with one attached hydrogen (secondary N) is 1. The molecule has 1 aromatic rings. The zero-order valence-corrected chi connectivity index (χ0v) is 12.5. The molecule has 1 amide bonds. The van der Waals surface area contributed by atoms with Gasteiger partial charge in [-0.05, 0) is 38.5 Å². The molecule has 0 saturated heterocycles. The van der Waals surface area contributed by atoms with Crippen LogP contribution >= 0.6 is 15.9 Å². The quantitative estimate of drug-likeness (QED) is 0.871. The maximum absolute atomic E-state index is 12.0. The van der Waals surface area contributed by atoms with E-state index in [1.165, 1.54) is 25.7 Å². The molecule has 0 aromatic carbocycles. The van der Waals surface area contributed by atoms with Crippen LogP contribution in [0.4, 0.5) is 0 Å². The van der Waals surface area contributed by atoms with E-state index < -0.39 is 0 Å². The summed E-state index contributed by atoms with van der Waals surface area (Å²) in [6.07, 6.45) is 6.46. The third-order valence-corrected chi connectivity index (χ3v) is 4.72. The van der Waals surface area contributed by atoms with Gasteiger partial charge in [-0.15, -0.1) is 0 Å². The van der Waals surface area contributed by atoms with Gasteiger partial charge in [0.05, 0.1) is 11.8 Å². The second kappa shape index (κ2) is 5.87. The minimum atomic E-state index is 0.00145. The van der Waals surface area contributed by atoms with E-state index >= 15 is 0 Å². The highest BCUT2D eigenvalue weighted by Crippen LogP contribution is 2.28. The zero-order valence-electron chi connectivity index (χ0n) is 10.9. The molecule has 0 unspecified atom stereocenters. The van der Waals surface area contributed by atoms with Crippen molar-refractivity contribution >= 4 is 21.8 Å². The number of nitrogens with zero attached hydrogens (tertiary/aromatic N) is 2. The van der Waals surface area contributed by atoms with Gasteiger partial charge in [0.2, 0.25) is 0 Å². The Morgan fingerprint density at radius 2 is 2.17 bits per heavy atom. The van der Waals surface area contributed by atoms with Crippen molar-refractivity contribution < 1.29 is 4.79 Å². The lowest BCUT2D eigenvalue weighted by Gasteiger charge is -2.25. The van der Waals surface area contributed by atoms with Gasteiger partial charge in [0, 0.05) is 24.1 Å². The van der Waals surface area contributed by atoms with E-state index in [-0.39, 0.29) is 5.91 Å². The number of rotatable bonds is 3. The second-order valence-corrected chi connectivity index (χ2v) is 6.39. The van der Waals surface area contributed by atoms with Gasteiger partial charge < -0.3 is 5.32 Å². The van der Waals surface area contributed by atoms with Gasteiger partial charge in [-0.1, -0.05) is 15.9 Å². The van der Waals surface area contributed by atoms with Crippen LogP contribution in [-0.4, -0.2) is 27.1 Å². The van der Waals surface area contributed by atoms with Crippen LogP contribution in [0.5, 0.6) is 0 Å². The van der Waals surface area contributed by atoms with Gasteiger partial charge in [0.15, 0.2) is 0 Å². The number of carbonyl (C=O) groups is 1. The first-order chi connectivity index (χ1) is 8.58. The highest BCUT2D eigenvalue weighted by molar-refractivity contribution is 9.09. The summed E-state index contributed by atoms with van der Waals surface area (Å²) < 4.78 is 1.73. The number of aryl methyl sites for hydroxylation is 1. The van der Waals surface area contributed by atoms with E-state index in [1.807, 2.05) is 14.0 Å². The highest BCUT2D eigenvalue weighted by Gasteiger charge is 2.20. The third-order valence-electron chi connectivity index (χ3n) is 3.81. The first-order valence-corrected chi connectivity index (χ1v) is 7.40. The van der Waals surface area contributed by atoms with Gasteiger partial charge >= 0.3 is 0 Å². The Morgan fingerprint density at radius 1 is 1.50 bits per heavy atom. The van der Waals surface area contributed by atoms with E-state index in [1.54, 1.807) is 10.9 Å². The fraction of sp³-hybridized carbons (Fsp3) is 0.692. The van der Waals surface area contributed by atoms with Crippen molar-refractivity contribution in [3.63, 3.8) is 0 Å². The zero-order chi connectivity index (χ0) is 13.1. The molecule has 0 spiro atoms. The number of carbonyl (C=O) groups excluding carboxylic acids is 1. The van der Waals surface area contributed by atoms with E-state index in [0.29, 0.717) is 16.3 Å². The Bertz CT molecular complexity index is 422. The van der Waals surface area contributed by atoms with E-state index in [9.17, 15) is 4.79 Å². The maximum Gasteiger partial charge on any atom is 0.254 e. The van der Waals surface area contributed by atoms with Crippen LogP contribution in [0.3, 0.4) is 0 Å². The molecule has 18 heavy (non-hydrogen) atoms. The summed E-state index contributed by atoms with van der Waals surface area (Å²) in [4.78, 5) is 12.7. The molecule has 0 atom stereocenters. The first-order valence-electron chi connectivity index (χ1n) is 6.48. The SMILES string of the molecule is Cc1c(C(=O)NCC2CCC(Br)CC2)cnn1C. The molecule has 1 fully saturated rings. The predicted octanol–water partition coefficient (Wildman–Crippen LogP) is 2.41. The van der Waals surface area contributed by atoms with Gasteiger partial charge in [-0.3, -0.25) is 9.48 Å². The molecule has 4 nitrogen and oxygen atoms in total. The number of halogens is 1. The van der Waals surface area contributed by atoms with E-state index in [0.717, 1.165) is 12.2 Å². The summed E-state index contributed by atoms with van der Waals surface area (Å²) in [5.41, 5.74) is 1.60. The van der Waals surface area contributed by atoms with Crippen LogP contribution in [0, 0.1) is 12.8 Å². The van der Waals surface area contributed by atoms with Crippen molar-refractivity contribution in [1.82, 2.24) is 15.1 Å². The molecule has 0 aliphatic heterocycles. The largest absolute Gasteiger partial charge is 0.352 e. The van der Waals surface area contributed by atoms with E-state index in [4.69, 9.17) is 0 Å². The average molecular weight is 314 g/mol. The summed E-state index contributed by atoms with van der Waals surface area (Å²) in [6, 6.07) is 0. The van der Waals surface area contributed by atoms with Crippen molar-refractivity contribution in [3.8, 4) is 0 Å². The average Bonchev–Trinajstić information content (AvgIpc) is 2.69. The number of amides is 1. The normalized spacial score (nSPS) is 23.9. The summed E-state index contributed by atoms with van der Waals surface area (Å²) in [7, 11) is 1.85. The monoisotopic (exact) mass is 313 g/mol. The van der Waals surface area contributed by atoms with Crippen molar-refractivity contribution in [3.05, 3.63) is 17.5 Å². The van der Waals surface area contributed by atoms with E-state index in [2.05, 4.69) is 26.3 Å². The second-order valence-electron chi connectivity index (χ2n) is 5.10. The molecular weight excluding hydrogens is 294 g/mol. The summed E-state index contributed by atoms with van der Waals surface area (Å²) in [6.45, 7) is 2.70. The van der Waals surface area contributed by atoms with Crippen molar-refractivity contribution in [2.45, 2.75) is 37.4 Å². The molecule has 0 radical (unpaired) electrons. The fourth-order valence-electron chi connectivity index (χ4n) is 2.38. The minimum absolute atomic E-state index is 0.00145. The summed E-state index contributed by atoms with van der Waals surface area (Å²) in [5.74, 6) is 0.626. The van der Waals surface area contributed by atoms with Crippen LogP contribution in [-0.2, 0) is 7.05 Å². The maximum atomic E-state index is 12.0. The predicted molar refractivity (Wildman–Crippen MR) is 75.0 cm³/mol. The van der Waals surface area contributed by atoms with Crippen molar-refractivity contribution in [2.75, 3.05) is 6.54 Å². The Balaban J connectivity index is 1.83. The van der Waals surface area contributed by atoms with Crippen molar-refractivity contribution in [1.29, 1.82) is 0 Å². The molecule has 1 aliphatic carbocycles. The first kappa shape index (κ1) is 13.6. The molecule has 100 valence electrons. The summed E-state index contributed by atoms with van der Waals surface area (Å²) in [5, 5.41) is 7.12. The molecule has 1 heterocycles. The molecule has 1 aromatic heterocycles. The van der Waals surface area contributed by atoms with Gasteiger partial charge in [0.25, 0.3) is 5.91 Å². The van der Waals surface area contributed by atoms with Gasteiger partial charge in [-0.25, -0.2) is 0 Å². The lowest BCUT2D eigenvalue weighted by atomic mass is 9.89. The minimum Gasteiger partial charge on any atom is -0.352 e. The summed E-state index contributed by atoms with van der Waals surface area (Å²) >= 11 is 3.65. The molecule has 1 aliphatic rings. The van der Waals surface area contributed by atoms with Crippen LogP contribution in [0.2, 0.25) is 0 Å². The molecule has 2 rings (SSSR count). The number of hydrogen-bond donors (Lipinski definition) is 1. The number of aromatic nitrogens is 2. The molecule has 5 heteroatoms. The van der Waals surface area contributed by atoms with Gasteiger partial charge in [-0.2, -0.15) is 5.10 Å². The Hall–Kier alpha value is -0.840. The molecule has 1 N–H and O–H groups in total. The lowest BCUT2D eigenvalue weighted by molar-refractivity contribution is 0.0943. The third kappa shape index (κ3) is 3.13. The number of alkyl halides is 1. The van der Waals surface area contributed by atoms with Crippen molar-refractivity contribution in [2.24, 2.45) is 13.0 Å². The molecule has 0 bridgehead atoms. The van der Waals surface area contributed by atoms with Gasteiger partial charge in [0.1, 0.15) is 0 Å². The lowest BCUT2D eigenvalue weighted by Crippen LogP contribution is -2.31. The Kier molecular flexibility index (Phi) is 4.43. The fourth-order valence-corrected chi connectivity index (χ4v) is 2.91. The Morgan fingerprint density at radius 3 is 2.72 bits per heavy atom.